The number of likely N-dealkylation sites (tertiary alicyclic amines) is 1. The Hall–Kier alpha value is -2.06. The van der Waals surface area contributed by atoms with Gasteiger partial charge in [0, 0.05) is 31.7 Å². The van der Waals surface area contributed by atoms with Gasteiger partial charge in [-0.2, -0.15) is 10.1 Å². The highest BCUT2D eigenvalue weighted by Crippen LogP contribution is 2.26. The van der Waals surface area contributed by atoms with E-state index in [0.717, 1.165) is 75.9 Å². The Kier molecular flexibility index (Phi) is 5.63. The second-order valence-corrected chi connectivity index (χ2v) is 7.65. The van der Waals surface area contributed by atoms with Crippen molar-refractivity contribution in [2.75, 3.05) is 26.3 Å². The van der Waals surface area contributed by atoms with Crippen LogP contribution in [0.1, 0.15) is 49.0 Å². The minimum absolute atomic E-state index is 0.0181. The fourth-order valence-electron chi connectivity index (χ4n) is 3.90. The highest BCUT2D eigenvalue weighted by molar-refractivity contribution is 4.98. The highest BCUT2D eigenvalue weighted by Gasteiger charge is 2.24. The summed E-state index contributed by atoms with van der Waals surface area (Å²) < 4.78 is 12.5. The third-order valence-electron chi connectivity index (χ3n) is 5.56. The molecule has 2 aliphatic rings. The molecule has 0 aliphatic carbocycles. The van der Waals surface area contributed by atoms with Crippen LogP contribution < -0.4 is 5.56 Å². The number of aromatic nitrogens is 4. The maximum atomic E-state index is 11.9. The summed E-state index contributed by atoms with van der Waals surface area (Å²) in [6.07, 6.45) is 4.01. The standard InChI is InChI=1S/C19H27N5O3/c1-14-2-3-18(25)24(21-14)12-15-4-8-23(9-5-15)13-17-20-19(27-22-17)16-6-10-26-11-7-16/h2-3,15-16H,4-13H2,1H3. The number of hydrogen-bond acceptors (Lipinski definition) is 7. The Morgan fingerprint density at radius 3 is 2.70 bits per heavy atom. The van der Waals surface area contributed by atoms with Gasteiger partial charge in [0.05, 0.1) is 12.2 Å². The fraction of sp³-hybridized carbons (Fsp3) is 0.684. The number of rotatable bonds is 5. The van der Waals surface area contributed by atoms with E-state index in [1.807, 2.05) is 6.92 Å². The molecule has 0 N–H and O–H groups in total. The van der Waals surface area contributed by atoms with Crippen molar-refractivity contribution >= 4 is 0 Å². The molecule has 2 aromatic heterocycles. The third kappa shape index (κ3) is 4.62. The summed E-state index contributed by atoms with van der Waals surface area (Å²) in [5, 5.41) is 8.52. The molecule has 0 saturated carbocycles. The Morgan fingerprint density at radius 2 is 1.93 bits per heavy atom. The van der Waals surface area contributed by atoms with Crippen LogP contribution in [0.3, 0.4) is 0 Å². The molecule has 0 amide bonds. The Balaban J connectivity index is 1.27. The summed E-state index contributed by atoms with van der Waals surface area (Å²) in [5.74, 6) is 2.35. The van der Waals surface area contributed by atoms with Crippen molar-refractivity contribution in [1.82, 2.24) is 24.8 Å². The molecule has 0 radical (unpaired) electrons. The third-order valence-corrected chi connectivity index (χ3v) is 5.56. The van der Waals surface area contributed by atoms with Crippen molar-refractivity contribution in [3.8, 4) is 0 Å². The molecule has 0 spiro atoms. The van der Waals surface area contributed by atoms with Crippen LogP contribution in [-0.2, 0) is 17.8 Å². The molecule has 2 saturated heterocycles. The van der Waals surface area contributed by atoms with Gasteiger partial charge in [-0.25, -0.2) is 4.68 Å². The lowest BCUT2D eigenvalue weighted by atomic mass is 9.97. The number of hydrogen-bond donors (Lipinski definition) is 0. The predicted molar refractivity (Wildman–Crippen MR) is 98.3 cm³/mol. The number of nitrogens with zero attached hydrogens (tertiary/aromatic N) is 5. The Bertz CT molecular complexity index is 804. The molecule has 2 aliphatic heterocycles. The Morgan fingerprint density at radius 1 is 1.15 bits per heavy atom. The molecular formula is C19H27N5O3. The van der Waals surface area contributed by atoms with Crippen LogP contribution in [0.4, 0.5) is 0 Å². The molecule has 4 rings (SSSR count). The second kappa shape index (κ2) is 8.31. The lowest BCUT2D eigenvalue weighted by Crippen LogP contribution is -2.36. The average molecular weight is 373 g/mol. The van der Waals surface area contributed by atoms with E-state index >= 15 is 0 Å². The SMILES string of the molecule is Cc1ccc(=O)n(CC2CCN(Cc3noc(C4CCOCC4)n3)CC2)n1. The van der Waals surface area contributed by atoms with Crippen molar-refractivity contribution < 1.29 is 9.26 Å². The lowest BCUT2D eigenvalue weighted by Gasteiger charge is -2.31. The van der Waals surface area contributed by atoms with Gasteiger partial charge in [-0.15, -0.1) is 0 Å². The zero-order chi connectivity index (χ0) is 18.6. The van der Waals surface area contributed by atoms with Crippen LogP contribution in [0, 0.1) is 12.8 Å². The minimum Gasteiger partial charge on any atom is -0.381 e. The van der Waals surface area contributed by atoms with E-state index in [0.29, 0.717) is 18.4 Å². The molecule has 0 bridgehead atoms. The normalized spacial score (nSPS) is 20.2. The van der Waals surface area contributed by atoms with Gasteiger partial charge in [0.15, 0.2) is 5.82 Å². The molecule has 2 aromatic rings. The van der Waals surface area contributed by atoms with Crippen LogP contribution >= 0.6 is 0 Å². The quantitative estimate of drug-likeness (QED) is 0.789. The van der Waals surface area contributed by atoms with E-state index < -0.39 is 0 Å². The number of ether oxygens (including phenoxy) is 1. The van der Waals surface area contributed by atoms with E-state index in [2.05, 4.69) is 20.1 Å². The van der Waals surface area contributed by atoms with Crippen LogP contribution in [-0.4, -0.2) is 51.1 Å². The first-order chi connectivity index (χ1) is 13.2. The summed E-state index contributed by atoms with van der Waals surface area (Å²) in [7, 11) is 0. The van der Waals surface area contributed by atoms with Gasteiger partial charge in [0.1, 0.15) is 0 Å². The van der Waals surface area contributed by atoms with Gasteiger partial charge in [0.2, 0.25) is 5.89 Å². The maximum Gasteiger partial charge on any atom is 0.266 e. The van der Waals surface area contributed by atoms with E-state index in [1.54, 1.807) is 16.8 Å². The molecule has 4 heterocycles. The molecule has 0 unspecified atom stereocenters. The molecule has 0 aromatic carbocycles. The van der Waals surface area contributed by atoms with Gasteiger partial charge < -0.3 is 9.26 Å². The molecule has 2 fully saturated rings. The lowest BCUT2D eigenvalue weighted by molar-refractivity contribution is 0.0778. The summed E-state index contributed by atoms with van der Waals surface area (Å²) in [6.45, 7) is 6.84. The van der Waals surface area contributed by atoms with Crippen molar-refractivity contribution in [3.05, 3.63) is 39.9 Å². The van der Waals surface area contributed by atoms with Gasteiger partial charge in [0.25, 0.3) is 5.56 Å². The highest BCUT2D eigenvalue weighted by atomic mass is 16.5. The van der Waals surface area contributed by atoms with E-state index in [1.165, 1.54) is 0 Å². The first kappa shape index (κ1) is 18.3. The van der Waals surface area contributed by atoms with Gasteiger partial charge >= 0.3 is 0 Å². The summed E-state index contributed by atoms with van der Waals surface area (Å²) >= 11 is 0. The number of aryl methyl sites for hydroxylation is 1. The average Bonchev–Trinajstić information content (AvgIpc) is 3.15. The van der Waals surface area contributed by atoms with E-state index in [-0.39, 0.29) is 5.56 Å². The maximum absolute atomic E-state index is 11.9. The molecule has 0 atom stereocenters. The summed E-state index contributed by atoms with van der Waals surface area (Å²) in [5.41, 5.74) is 0.861. The molecule has 8 nitrogen and oxygen atoms in total. The minimum atomic E-state index is -0.0181. The van der Waals surface area contributed by atoms with E-state index in [9.17, 15) is 4.79 Å². The smallest absolute Gasteiger partial charge is 0.266 e. The van der Waals surface area contributed by atoms with Crippen LogP contribution in [0.2, 0.25) is 0 Å². The van der Waals surface area contributed by atoms with Crippen LogP contribution in [0.25, 0.3) is 0 Å². The van der Waals surface area contributed by atoms with Crippen molar-refractivity contribution in [2.24, 2.45) is 5.92 Å². The zero-order valence-corrected chi connectivity index (χ0v) is 15.8. The zero-order valence-electron chi connectivity index (χ0n) is 15.8. The van der Waals surface area contributed by atoms with Crippen LogP contribution in [0.15, 0.2) is 21.5 Å². The van der Waals surface area contributed by atoms with Gasteiger partial charge in [-0.1, -0.05) is 5.16 Å². The van der Waals surface area contributed by atoms with Crippen molar-refractivity contribution in [2.45, 2.75) is 51.6 Å². The first-order valence-corrected chi connectivity index (χ1v) is 9.85. The first-order valence-electron chi connectivity index (χ1n) is 9.85. The van der Waals surface area contributed by atoms with Gasteiger partial charge in [-0.05, 0) is 57.7 Å². The topological polar surface area (TPSA) is 86.3 Å². The molecule has 8 heteroatoms. The molecular weight excluding hydrogens is 346 g/mol. The van der Waals surface area contributed by atoms with E-state index in [4.69, 9.17) is 9.26 Å². The monoisotopic (exact) mass is 373 g/mol. The van der Waals surface area contributed by atoms with Crippen molar-refractivity contribution in [3.63, 3.8) is 0 Å². The Labute approximate surface area is 158 Å². The largest absolute Gasteiger partial charge is 0.381 e. The van der Waals surface area contributed by atoms with Gasteiger partial charge in [-0.3, -0.25) is 9.69 Å². The summed E-state index contributed by atoms with van der Waals surface area (Å²) in [4.78, 5) is 18.9. The summed E-state index contributed by atoms with van der Waals surface area (Å²) in [6, 6.07) is 3.37. The number of piperidine rings is 1. The fourth-order valence-corrected chi connectivity index (χ4v) is 3.90. The van der Waals surface area contributed by atoms with Crippen LogP contribution in [0.5, 0.6) is 0 Å². The van der Waals surface area contributed by atoms with Crippen molar-refractivity contribution in [1.29, 1.82) is 0 Å². The molecule has 146 valence electrons. The second-order valence-electron chi connectivity index (χ2n) is 7.65. The molecule has 27 heavy (non-hydrogen) atoms. The predicted octanol–water partition coefficient (Wildman–Crippen LogP) is 1.74.